The van der Waals surface area contributed by atoms with Gasteiger partial charge in [-0.3, -0.25) is 19.3 Å². The normalized spacial score (nSPS) is 15.4. The highest BCUT2D eigenvalue weighted by atomic mass is 35.5. The SMILES string of the molecule is CCCC(C)(N)C(=O)NCCCCN1C(=O)c2ccccc2C1=O.Cl. The highest BCUT2D eigenvalue weighted by Crippen LogP contribution is 2.22. The smallest absolute Gasteiger partial charge is 0.261 e. The first-order chi connectivity index (χ1) is 11.4. The molecule has 0 saturated heterocycles. The lowest BCUT2D eigenvalue weighted by atomic mass is 9.96. The monoisotopic (exact) mass is 367 g/mol. The molecule has 1 heterocycles. The minimum atomic E-state index is -0.850. The van der Waals surface area contributed by atoms with Crippen LogP contribution in [0.3, 0.4) is 0 Å². The number of nitrogens with two attached hydrogens (primary N) is 1. The van der Waals surface area contributed by atoms with Crippen LogP contribution in [-0.4, -0.2) is 41.2 Å². The standard InChI is InChI=1S/C18H25N3O3.ClH/c1-3-10-18(2,19)17(24)20-11-6-7-12-21-15(22)13-8-4-5-9-14(13)16(21)23;/h4-5,8-9H,3,6-7,10-12,19H2,1-2H3,(H,20,24);1H. The molecule has 0 fully saturated rings. The Kier molecular flexibility index (Phi) is 7.58. The first-order valence-corrected chi connectivity index (χ1v) is 8.41. The van der Waals surface area contributed by atoms with Crippen LogP contribution in [0.1, 0.15) is 60.2 Å². The molecule has 138 valence electrons. The number of benzene rings is 1. The van der Waals surface area contributed by atoms with Gasteiger partial charge in [0.2, 0.25) is 5.91 Å². The molecule has 7 heteroatoms. The van der Waals surface area contributed by atoms with E-state index in [1.54, 1.807) is 31.2 Å². The van der Waals surface area contributed by atoms with E-state index in [9.17, 15) is 14.4 Å². The van der Waals surface area contributed by atoms with Crippen molar-refractivity contribution in [1.29, 1.82) is 0 Å². The van der Waals surface area contributed by atoms with Gasteiger partial charge in [0.05, 0.1) is 16.7 Å². The fourth-order valence-corrected chi connectivity index (χ4v) is 2.87. The van der Waals surface area contributed by atoms with Crippen molar-refractivity contribution in [3.05, 3.63) is 35.4 Å². The summed E-state index contributed by atoms with van der Waals surface area (Å²) in [6, 6.07) is 6.85. The minimum Gasteiger partial charge on any atom is -0.355 e. The second-order valence-corrected chi connectivity index (χ2v) is 6.44. The van der Waals surface area contributed by atoms with Gasteiger partial charge in [0, 0.05) is 13.1 Å². The summed E-state index contributed by atoms with van der Waals surface area (Å²) in [4.78, 5) is 37.6. The van der Waals surface area contributed by atoms with Crippen LogP contribution in [-0.2, 0) is 4.79 Å². The van der Waals surface area contributed by atoms with Crippen LogP contribution >= 0.6 is 12.4 Å². The third-order valence-electron chi connectivity index (χ3n) is 4.26. The third kappa shape index (κ3) is 4.80. The van der Waals surface area contributed by atoms with E-state index < -0.39 is 5.54 Å². The van der Waals surface area contributed by atoms with E-state index in [1.807, 2.05) is 6.92 Å². The van der Waals surface area contributed by atoms with E-state index in [2.05, 4.69) is 5.32 Å². The fraction of sp³-hybridized carbons (Fsp3) is 0.500. The van der Waals surface area contributed by atoms with Crippen molar-refractivity contribution in [3.63, 3.8) is 0 Å². The Hall–Kier alpha value is -1.92. The molecule has 25 heavy (non-hydrogen) atoms. The largest absolute Gasteiger partial charge is 0.355 e. The Balaban J connectivity index is 0.00000312. The van der Waals surface area contributed by atoms with Crippen LogP contribution in [0, 0.1) is 0 Å². The van der Waals surface area contributed by atoms with Gasteiger partial charge in [-0.25, -0.2) is 0 Å². The van der Waals surface area contributed by atoms with Gasteiger partial charge < -0.3 is 11.1 Å². The van der Waals surface area contributed by atoms with E-state index in [4.69, 9.17) is 5.73 Å². The topological polar surface area (TPSA) is 92.5 Å². The Morgan fingerprint density at radius 2 is 1.72 bits per heavy atom. The Morgan fingerprint density at radius 1 is 1.16 bits per heavy atom. The average Bonchev–Trinajstić information content (AvgIpc) is 2.79. The molecule has 1 aromatic carbocycles. The first kappa shape index (κ1) is 21.1. The lowest BCUT2D eigenvalue weighted by Crippen LogP contribution is -2.51. The molecule has 0 bridgehead atoms. The number of carbonyl (C=O) groups excluding carboxylic acids is 3. The van der Waals surface area contributed by atoms with Crippen LogP contribution in [0.2, 0.25) is 0 Å². The fourth-order valence-electron chi connectivity index (χ4n) is 2.87. The summed E-state index contributed by atoms with van der Waals surface area (Å²) in [6.07, 6.45) is 2.80. The number of nitrogens with zero attached hydrogens (tertiary/aromatic N) is 1. The molecule has 2 rings (SSSR count). The Bertz CT molecular complexity index is 611. The third-order valence-corrected chi connectivity index (χ3v) is 4.26. The molecule has 6 nitrogen and oxygen atoms in total. The van der Waals surface area contributed by atoms with E-state index in [0.29, 0.717) is 43.5 Å². The zero-order valence-corrected chi connectivity index (χ0v) is 15.5. The molecule has 0 saturated carbocycles. The summed E-state index contributed by atoms with van der Waals surface area (Å²) >= 11 is 0. The Morgan fingerprint density at radius 3 is 2.24 bits per heavy atom. The van der Waals surface area contributed by atoms with Gasteiger partial charge in [-0.05, 0) is 38.3 Å². The van der Waals surface area contributed by atoms with Crippen molar-refractivity contribution in [2.45, 2.75) is 45.1 Å². The van der Waals surface area contributed by atoms with Gasteiger partial charge in [0.15, 0.2) is 0 Å². The van der Waals surface area contributed by atoms with Gasteiger partial charge in [0.25, 0.3) is 11.8 Å². The van der Waals surface area contributed by atoms with Crippen molar-refractivity contribution in [3.8, 4) is 0 Å². The molecule has 0 radical (unpaired) electrons. The highest BCUT2D eigenvalue weighted by Gasteiger charge is 2.34. The van der Waals surface area contributed by atoms with Gasteiger partial charge in [-0.1, -0.05) is 25.5 Å². The molecule has 1 atom stereocenters. The van der Waals surface area contributed by atoms with Gasteiger partial charge in [-0.2, -0.15) is 0 Å². The summed E-state index contributed by atoms with van der Waals surface area (Å²) in [5.41, 5.74) is 6.04. The maximum atomic E-state index is 12.2. The van der Waals surface area contributed by atoms with Crippen molar-refractivity contribution < 1.29 is 14.4 Å². The average molecular weight is 368 g/mol. The summed E-state index contributed by atoms with van der Waals surface area (Å²) in [5, 5.41) is 2.82. The molecule has 3 N–H and O–H groups in total. The van der Waals surface area contributed by atoms with Crippen LogP contribution in [0.5, 0.6) is 0 Å². The molecule has 1 unspecified atom stereocenters. The minimum absolute atomic E-state index is 0. The molecule has 1 aliphatic rings. The van der Waals surface area contributed by atoms with E-state index >= 15 is 0 Å². The molecule has 0 spiro atoms. The number of fused-ring (bicyclic) bond motifs is 1. The van der Waals surface area contributed by atoms with Gasteiger partial charge >= 0.3 is 0 Å². The number of nitrogens with one attached hydrogen (secondary N) is 1. The number of unbranched alkanes of at least 4 members (excludes halogenated alkanes) is 1. The predicted molar refractivity (Wildman–Crippen MR) is 98.8 cm³/mol. The maximum absolute atomic E-state index is 12.2. The van der Waals surface area contributed by atoms with Gasteiger partial charge in [0.1, 0.15) is 0 Å². The molecule has 1 aliphatic heterocycles. The van der Waals surface area contributed by atoms with Crippen LogP contribution in [0.4, 0.5) is 0 Å². The van der Waals surface area contributed by atoms with Crippen LogP contribution in [0.25, 0.3) is 0 Å². The van der Waals surface area contributed by atoms with Crippen molar-refractivity contribution in [1.82, 2.24) is 10.2 Å². The number of rotatable bonds is 8. The summed E-state index contributed by atoms with van der Waals surface area (Å²) in [6.45, 7) is 4.56. The lowest BCUT2D eigenvalue weighted by Gasteiger charge is -2.22. The number of hydrogen-bond donors (Lipinski definition) is 2. The van der Waals surface area contributed by atoms with E-state index in [0.717, 1.165) is 6.42 Å². The molecule has 0 aliphatic carbocycles. The van der Waals surface area contributed by atoms with E-state index in [-0.39, 0.29) is 30.1 Å². The molecule has 3 amide bonds. The maximum Gasteiger partial charge on any atom is 0.261 e. The second kappa shape index (κ2) is 8.97. The van der Waals surface area contributed by atoms with Crippen molar-refractivity contribution in [2.75, 3.05) is 13.1 Å². The van der Waals surface area contributed by atoms with Crippen molar-refractivity contribution >= 4 is 30.1 Å². The number of hydrogen-bond acceptors (Lipinski definition) is 4. The summed E-state index contributed by atoms with van der Waals surface area (Å²) in [5.74, 6) is -0.640. The first-order valence-electron chi connectivity index (χ1n) is 8.41. The Labute approximate surface area is 154 Å². The highest BCUT2D eigenvalue weighted by molar-refractivity contribution is 6.21. The van der Waals surface area contributed by atoms with Gasteiger partial charge in [-0.15, -0.1) is 12.4 Å². The molecule has 0 aromatic heterocycles. The number of amides is 3. The lowest BCUT2D eigenvalue weighted by molar-refractivity contribution is -0.126. The quantitative estimate of drug-likeness (QED) is 0.543. The van der Waals surface area contributed by atoms with E-state index in [1.165, 1.54) is 4.90 Å². The number of halogens is 1. The predicted octanol–water partition coefficient (Wildman–Crippen LogP) is 2.12. The number of imide groups is 1. The zero-order chi connectivity index (χ0) is 17.7. The van der Waals surface area contributed by atoms with Crippen molar-refractivity contribution in [2.24, 2.45) is 5.73 Å². The van der Waals surface area contributed by atoms with Crippen LogP contribution in [0.15, 0.2) is 24.3 Å². The van der Waals surface area contributed by atoms with Crippen LogP contribution < -0.4 is 11.1 Å². The molecular weight excluding hydrogens is 342 g/mol. The summed E-state index contributed by atoms with van der Waals surface area (Å²) in [7, 11) is 0. The number of carbonyl (C=O) groups is 3. The summed E-state index contributed by atoms with van der Waals surface area (Å²) < 4.78 is 0. The zero-order valence-electron chi connectivity index (χ0n) is 14.7. The second-order valence-electron chi connectivity index (χ2n) is 6.44. The molecule has 1 aromatic rings. The molecular formula is C18H26ClN3O3.